The van der Waals surface area contributed by atoms with Crippen LogP contribution < -0.4 is 5.32 Å². The Kier molecular flexibility index (Phi) is 3.71. The summed E-state index contributed by atoms with van der Waals surface area (Å²) < 4.78 is 0.568. The van der Waals surface area contributed by atoms with Crippen molar-refractivity contribution in [1.29, 1.82) is 0 Å². The van der Waals surface area contributed by atoms with Gasteiger partial charge in [0.05, 0.1) is 12.2 Å². The van der Waals surface area contributed by atoms with Crippen molar-refractivity contribution in [2.75, 3.05) is 5.32 Å². The van der Waals surface area contributed by atoms with Crippen LogP contribution in [-0.4, -0.2) is 15.2 Å². The van der Waals surface area contributed by atoms with Gasteiger partial charge in [-0.25, -0.2) is 4.98 Å². The minimum Gasteiger partial charge on any atom is -0.380 e. The molecule has 0 atom stereocenters. The van der Waals surface area contributed by atoms with Crippen molar-refractivity contribution in [3.05, 3.63) is 51.6 Å². The first-order valence-corrected chi connectivity index (χ1v) is 7.37. The molecule has 0 spiro atoms. The zero-order valence-electron chi connectivity index (χ0n) is 10.9. The second kappa shape index (κ2) is 5.64. The van der Waals surface area contributed by atoms with Gasteiger partial charge in [-0.2, -0.15) is 5.10 Å². The molecule has 0 amide bonds. The normalized spacial score (nSPS) is 10.7. The molecule has 1 aromatic carbocycles. The van der Waals surface area contributed by atoms with Crippen LogP contribution in [0.15, 0.2) is 36.5 Å². The molecule has 20 heavy (non-hydrogen) atoms. The van der Waals surface area contributed by atoms with Crippen molar-refractivity contribution in [3.8, 4) is 11.3 Å². The van der Waals surface area contributed by atoms with E-state index < -0.39 is 0 Å². The molecule has 0 aliphatic heterocycles. The van der Waals surface area contributed by atoms with Crippen molar-refractivity contribution in [2.45, 2.75) is 13.5 Å². The smallest absolute Gasteiger partial charge is 0.183 e. The minimum atomic E-state index is 0.568. The van der Waals surface area contributed by atoms with Gasteiger partial charge in [0.1, 0.15) is 0 Å². The van der Waals surface area contributed by atoms with Crippen LogP contribution in [0.5, 0.6) is 0 Å². The standard InChI is InChI=1S/C14H13ClN4S/c1-9-6-13(19-18-9)11-4-2-3-5-12(11)16-7-10-8-17-14(15)20-10/h2-6,8,16H,7H2,1H3,(H,18,19). The molecule has 0 radical (unpaired) electrons. The number of aromatic nitrogens is 3. The number of nitrogens with one attached hydrogen (secondary N) is 2. The molecule has 0 fully saturated rings. The first-order chi connectivity index (χ1) is 9.72. The largest absolute Gasteiger partial charge is 0.380 e. The number of aryl methyl sites for hydroxylation is 1. The molecular formula is C14H13ClN4S. The summed E-state index contributed by atoms with van der Waals surface area (Å²) in [5.74, 6) is 0. The van der Waals surface area contributed by atoms with Crippen LogP contribution in [0.4, 0.5) is 5.69 Å². The lowest BCUT2D eigenvalue weighted by Gasteiger charge is -2.09. The highest BCUT2D eigenvalue weighted by molar-refractivity contribution is 7.15. The maximum absolute atomic E-state index is 5.84. The highest BCUT2D eigenvalue weighted by Gasteiger charge is 2.08. The predicted molar refractivity (Wildman–Crippen MR) is 83.2 cm³/mol. The summed E-state index contributed by atoms with van der Waals surface area (Å²) in [5, 5.41) is 10.7. The van der Waals surface area contributed by atoms with E-state index in [0.717, 1.165) is 27.5 Å². The predicted octanol–water partition coefficient (Wildman–Crippen LogP) is 4.11. The number of anilines is 1. The van der Waals surface area contributed by atoms with E-state index in [-0.39, 0.29) is 0 Å². The molecule has 0 aliphatic carbocycles. The van der Waals surface area contributed by atoms with Crippen LogP contribution >= 0.6 is 22.9 Å². The summed E-state index contributed by atoms with van der Waals surface area (Å²) in [7, 11) is 0. The number of rotatable bonds is 4. The first kappa shape index (κ1) is 13.1. The molecule has 2 aromatic heterocycles. The molecule has 0 unspecified atom stereocenters. The third-order valence-electron chi connectivity index (χ3n) is 2.89. The lowest BCUT2D eigenvalue weighted by Crippen LogP contribution is -1.99. The maximum atomic E-state index is 5.84. The molecule has 0 saturated heterocycles. The monoisotopic (exact) mass is 304 g/mol. The van der Waals surface area contributed by atoms with E-state index in [0.29, 0.717) is 11.0 Å². The van der Waals surface area contributed by atoms with Gasteiger partial charge in [0.15, 0.2) is 4.47 Å². The number of halogens is 1. The van der Waals surface area contributed by atoms with Gasteiger partial charge in [-0.3, -0.25) is 5.10 Å². The summed E-state index contributed by atoms with van der Waals surface area (Å²) in [4.78, 5) is 5.14. The zero-order valence-corrected chi connectivity index (χ0v) is 12.4. The summed E-state index contributed by atoms with van der Waals surface area (Å²) in [5.41, 5.74) is 4.10. The van der Waals surface area contributed by atoms with E-state index in [9.17, 15) is 0 Å². The van der Waals surface area contributed by atoms with Gasteiger partial charge in [-0.05, 0) is 19.1 Å². The van der Waals surface area contributed by atoms with Gasteiger partial charge in [0, 0.05) is 28.0 Å². The fourth-order valence-electron chi connectivity index (χ4n) is 1.96. The number of aromatic amines is 1. The molecule has 0 aliphatic rings. The second-order valence-corrected chi connectivity index (χ2v) is 6.11. The van der Waals surface area contributed by atoms with E-state index in [4.69, 9.17) is 11.6 Å². The summed E-state index contributed by atoms with van der Waals surface area (Å²) in [6, 6.07) is 10.1. The maximum Gasteiger partial charge on any atom is 0.183 e. The number of thiazole rings is 1. The number of para-hydroxylation sites is 1. The Bertz CT molecular complexity index is 719. The molecule has 4 nitrogen and oxygen atoms in total. The Balaban J connectivity index is 1.83. The van der Waals surface area contributed by atoms with Crippen molar-refractivity contribution < 1.29 is 0 Å². The van der Waals surface area contributed by atoms with E-state index in [1.54, 1.807) is 6.20 Å². The van der Waals surface area contributed by atoms with Gasteiger partial charge in [-0.1, -0.05) is 29.8 Å². The van der Waals surface area contributed by atoms with Crippen LogP contribution in [0.3, 0.4) is 0 Å². The van der Waals surface area contributed by atoms with Crippen molar-refractivity contribution in [3.63, 3.8) is 0 Å². The average molecular weight is 305 g/mol. The van der Waals surface area contributed by atoms with Gasteiger partial charge in [-0.15, -0.1) is 11.3 Å². The van der Waals surface area contributed by atoms with Crippen molar-refractivity contribution in [1.82, 2.24) is 15.2 Å². The molecule has 0 bridgehead atoms. The molecule has 2 N–H and O–H groups in total. The minimum absolute atomic E-state index is 0.568. The Morgan fingerprint density at radius 3 is 2.90 bits per heavy atom. The Hall–Kier alpha value is -1.85. The van der Waals surface area contributed by atoms with Gasteiger partial charge < -0.3 is 5.32 Å². The van der Waals surface area contributed by atoms with Gasteiger partial charge >= 0.3 is 0 Å². The molecule has 3 aromatic rings. The van der Waals surface area contributed by atoms with Crippen LogP contribution in [0.2, 0.25) is 4.47 Å². The van der Waals surface area contributed by atoms with Crippen molar-refractivity contribution in [2.24, 2.45) is 0 Å². The topological polar surface area (TPSA) is 53.6 Å². The number of nitrogens with zero attached hydrogens (tertiary/aromatic N) is 2. The third kappa shape index (κ3) is 2.84. The van der Waals surface area contributed by atoms with E-state index in [2.05, 4.69) is 26.6 Å². The molecular weight excluding hydrogens is 292 g/mol. The van der Waals surface area contributed by atoms with Crippen LogP contribution in [-0.2, 0) is 6.54 Å². The number of hydrogen-bond donors (Lipinski definition) is 2. The summed E-state index contributed by atoms with van der Waals surface area (Å²) >= 11 is 7.32. The number of hydrogen-bond acceptors (Lipinski definition) is 4. The fraction of sp³-hybridized carbons (Fsp3) is 0.143. The molecule has 2 heterocycles. The van der Waals surface area contributed by atoms with Crippen molar-refractivity contribution >= 4 is 28.6 Å². The van der Waals surface area contributed by atoms with Gasteiger partial charge in [0.25, 0.3) is 0 Å². The Labute approximate surface area is 125 Å². The van der Waals surface area contributed by atoms with E-state index >= 15 is 0 Å². The quantitative estimate of drug-likeness (QED) is 0.762. The number of H-pyrrole nitrogens is 1. The lowest BCUT2D eigenvalue weighted by atomic mass is 10.1. The molecule has 6 heteroatoms. The Morgan fingerprint density at radius 1 is 1.35 bits per heavy atom. The number of benzene rings is 1. The van der Waals surface area contributed by atoms with Crippen LogP contribution in [0.1, 0.15) is 10.6 Å². The summed E-state index contributed by atoms with van der Waals surface area (Å²) in [6.07, 6.45) is 1.79. The zero-order chi connectivity index (χ0) is 13.9. The Morgan fingerprint density at radius 2 is 2.20 bits per heavy atom. The highest BCUT2D eigenvalue weighted by atomic mass is 35.5. The molecule has 3 rings (SSSR count). The fourth-order valence-corrected chi connectivity index (χ4v) is 2.88. The second-order valence-electron chi connectivity index (χ2n) is 4.41. The van der Waals surface area contributed by atoms with E-state index in [1.807, 2.05) is 31.2 Å². The van der Waals surface area contributed by atoms with Crippen LogP contribution in [0.25, 0.3) is 11.3 Å². The summed E-state index contributed by atoms with van der Waals surface area (Å²) in [6.45, 7) is 2.69. The lowest BCUT2D eigenvalue weighted by molar-refractivity contribution is 1.05. The molecule has 0 saturated carbocycles. The highest BCUT2D eigenvalue weighted by Crippen LogP contribution is 2.27. The third-order valence-corrected chi connectivity index (χ3v) is 4.00. The SMILES string of the molecule is Cc1cc(-c2ccccc2NCc2cnc(Cl)s2)n[nH]1. The first-order valence-electron chi connectivity index (χ1n) is 6.18. The average Bonchev–Trinajstić information content (AvgIpc) is 3.06. The van der Waals surface area contributed by atoms with Gasteiger partial charge in [0.2, 0.25) is 0 Å². The van der Waals surface area contributed by atoms with E-state index in [1.165, 1.54) is 11.3 Å². The van der Waals surface area contributed by atoms with Crippen LogP contribution in [0, 0.1) is 6.92 Å². The molecule has 102 valence electrons.